The summed E-state index contributed by atoms with van der Waals surface area (Å²) >= 11 is 6.08. The molecule has 0 unspecified atom stereocenters. The van der Waals surface area contributed by atoms with Crippen LogP contribution < -0.4 is 5.32 Å². The Morgan fingerprint density at radius 2 is 1.81 bits per heavy atom. The molecule has 0 aliphatic carbocycles. The van der Waals surface area contributed by atoms with E-state index in [2.05, 4.69) is 10.5 Å². The summed E-state index contributed by atoms with van der Waals surface area (Å²) in [7, 11) is 0. The highest BCUT2D eigenvalue weighted by Gasteiger charge is 2.15. The summed E-state index contributed by atoms with van der Waals surface area (Å²) in [6.45, 7) is 0. The third-order valence-corrected chi connectivity index (χ3v) is 4.30. The van der Waals surface area contributed by atoms with Crippen molar-refractivity contribution in [1.82, 2.24) is 5.16 Å². The number of amides is 1. The van der Waals surface area contributed by atoms with Crippen molar-refractivity contribution in [2.24, 2.45) is 0 Å². The van der Waals surface area contributed by atoms with Gasteiger partial charge in [0.15, 0.2) is 5.76 Å². The molecule has 0 saturated carbocycles. The number of halogens is 2. The molecule has 0 aliphatic rings. The van der Waals surface area contributed by atoms with Crippen LogP contribution in [0.2, 0.25) is 5.02 Å². The Kier molecular flexibility index (Phi) is 4.14. The van der Waals surface area contributed by atoms with E-state index in [1.54, 1.807) is 54.6 Å². The number of fused-ring (bicyclic) bond motifs is 1. The average Bonchev–Trinajstić information content (AvgIpc) is 3.07. The molecule has 0 bridgehead atoms. The maximum atomic E-state index is 13.1. The Hall–Kier alpha value is -3.18. The number of anilines is 1. The highest BCUT2D eigenvalue weighted by Crippen LogP contribution is 2.30. The molecule has 0 atom stereocenters. The van der Waals surface area contributed by atoms with Crippen molar-refractivity contribution >= 4 is 34.1 Å². The van der Waals surface area contributed by atoms with Crippen LogP contribution in [0.5, 0.6) is 0 Å². The van der Waals surface area contributed by atoms with Gasteiger partial charge in [0.05, 0.1) is 16.1 Å². The second-order valence-corrected chi connectivity index (χ2v) is 6.09. The molecule has 6 heteroatoms. The molecule has 4 rings (SSSR count). The van der Waals surface area contributed by atoms with E-state index in [9.17, 15) is 9.18 Å². The summed E-state index contributed by atoms with van der Waals surface area (Å²) in [5.41, 5.74) is 2.25. The zero-order valence-corrected chi connectivity index (χ0v) is 14.1. The molecular formula is C20H12ClFN2O2. The highest BCUT2D eigenvalue weighted by molar-refractivity contribution is 6.33. The summed E-state index contributed by atoms with van der Waals surface area (Å²) in [4.78, 5) is 12.6. The third-order valence-electron chi connectivity index (χ3n) is 3.97. The quantitative estimate of drug-likeness (QED) is 0.518. The number of carbonyl (C=O) groups excluding carboxylic acids is 1. The van der Waals surface area contributed by atoms with Crippen LogP contribution in [0.3, 0.4) is 0 Å². The third kappa shape index (κ3) is 3.05. The highest BCUT2D eigenvalue weighted by atomic mass is 35.5. The maximum Gasteiger partial charge on any atom is 0.255 e. The van der Waals surface area contributed by atoms with Gasteiger partial charge >= 0.3 is 0 Å². The summed E-state index contributed by atoms with van der Waals surface area (Å²) in [6, 6.07) is 17.9. The van der Waals surface area contributed by atoms with Crippen molar-refractivity contribution in [3.63, 3.8) is 0 Å². The van der Waals surface area contributed by atoms with Gasteiger partial charge in [-0.05, 0) is 54.6 Å². The van der Waals surface area contributed by atoms with Crippen molar-refractivity contribution in [1.29, 1.82) is 0 Å². The summed E-state index contributed by atoms with van der Waals surface area (Å²) < 4.78 is 18.5. The topological polar surface area (TPSA) is 55.1 Å². The van der Waals surface area contributed by atoms with Gasteiger partial charge in [-0.2, -0.15) is 0 Å². The van der Waals surface area contributed by atoms with E-state index >= 15 is 0 Å². The van der Waals surface area contributed by atoms with E-state index in [-0.39, 0.29) is 11.7 Å². The Balaban J connectivity index is 1.71. The Morgan fingerprint density at radius 1 is 1.04 bits per heavy atom. The lowest BCUT2D eigenvalue weighted by Crippen LogP contribution is -2.12. The first-order valence-electron chi connectivity index (χ1n) is 7.83. The predicted molar refractivity (Wildman–Crippen MR) is 98.8 cm³/mol. The fourth-order valence-electron chi connectivity index (χ4n) is 2.65. The molecule has 26 heavy (non-hydrogen) atoms. The molecule has 0 spiro atoms. The van der Waals surface area contributed by atoms with E-state index in [1.165, 1.54) is 12.1 Å². The smallest absolute Gasteiger partial charge is 0.255 e. The zero-order valence-electron chi connectivity index (χ0n) is 13.4. The van der Waals surface area contributed by atoms with Crippen LogP contribution >= 0.6 is 11.6 Å². The number of nitrogens with one attached hydrogen (secondary N) is 1. The van der Waals surface area contributed by atoms with Gasteiger partial charge in [-0.15, -0.1) is 0 Å². The second-order valence-electron chi connectivity index (χ2n) is 5.68. The fourth-order valence-corrected chi connectivity index (χ4v) is 2.83. The number of hydrogen-bond donors (Lipinski definition) is 1. The van der Waals surface area contributed by atoms with Gasteiger partial charge < -0.3 is 9.84 Å². The predicted octanol–water partition coefficient (Wildman–Crippen LogP) is 5.54. The number of nitrogens with zero attached hydrogens (tertiary/aromatic N) is 1. The normalized spacial score (nSPS) is 10.8. The molecule has 1 N–H and O–H groups in total. The molecule has 0 fully saturated rings. The summed E-state index contributed by atoms with van der Waals surface area (Å²) in [6.07, 6.45) is 0. The number of aromatic nitrogens is 1. The Bertz CT molecular complexity index is 1110. The van der Waals surface area contributed by atoms with Gasteiger partial charge in [-0.1, -0.05) is 28.9 Å². The van der Waals surface area contributed by atoms with Crippen LogP contribution in [-0.2, 0) is 0 Å². The first-order valence-corrected chi connectivity index (χ1v) is 8.21. The van der Waals surface area contributed by atoms with Crippen LogP contribution in [0, 0.1) is 5.82 Å². The minimum absolute atomic E-state index is 0.300. The van der Waals surface area contributed by atoms with Crippen molar-refractivity contribution in [2.75, 3.05) is 5.32 Å². The van der Waals surface area contributed by atoms with Gasteiger partial charge in [0, 0.05) is 11.1 Å². The minimum Gasteiger partial charge on any atom is -0.355 e. The molecule has 1 aromatic heterocycles. The Labute approximate surface area is 153 Å². The van der Waals surface area contributed by atoms with Crippen molar-refractivity contribution in [3.8, 4) is 11.3 Å². The maximum absolute atomic E-state index is 13.1. The van der Waals surface area contributed by atoms with Crippen LogP contribution in [0.25, 0.3) is 22.2 Å². The molecule has 128 valence electrons. The number of hydrogen-bond acceptors (Lipinski definition) is 3. The molecule has 4 nitrogen and oxygen atoms in total. The van der Waals surface area contributed by atoms with Gasteiger partial charge in [0.25, 0.3) is 5.91 Å². The molecule has 1 heterocycles. The minimum atomic E-state index is -0.336. The number of carbonyl (C=O) groups is 1. The van der Waals surface area contributed by atoms with Crippen LogP contribution in [0.1, 0.15) is 10.4 Å². The number of para-hydroxylation sites is 1. The molecule has 0 aliphatic heterocycles. The van der Waals surface area contributed by atoms with Gasteiger partial charge in [-0.25, -0.2) is 4.39 Å². The molecule has 4 aromatic rings. The van der Waals surface area contributed by atoms with Crippen LogP contribution in [0.15, 0.2) is 71.3 Å². The van der Waals surface area contributed by atoms with E-state index in [4.69, 9.17) is 16.1 Å². The monoisotopic (exact) mass is 366 g/mol. The van der Waals surface area contributed by atoms with E-state index in [0.717, 1.165) is 0 Å². The van der Waals surface area contributed by atoms with Crippen molar-refractivity contribution < 1.29 is 13.7 Å². The van der Waals surface area contributed by atoms with Gasteiger partial charge in [0.1, 0.15) is 11.3 Å². The zero-order chi connectivity index (χ0) is 18.1. The van der Waals surface area contributed by atoms with E-state index in [0.29, 0.717) is 38.5 Å². The van der Waals surface area contributed by atoms with Crippen LogP contribution in [0.4, 0.5) is 10.1 Å². The molecule has 0 radical (unpaired) electrons. The SMILES string of the molecule is O=C(Nc1ccccc1Cl)c1ccc2noc(-c3ccc(F)cc3)c2c1. The summed E-state index contributed by atoms with van der Waals surface area (Å²) in [5.74, 6) is -0.156. The Morgan fingerprint density at radius 3 is 2.58 bits per heavy atom. The van der Waals surface area contributed by atoms with Crippen molar-refractivity contribution in [2.45, 2.75) is 0 Å². The van der Waals surface area contributed by atoms with Gasteiger partial charge in [-0.3, -0.25) is 4.79 Å². The van der Waals surface area contributed by atoms with E-state index < -0.39 is 0 Å². The van der Waals surface area contributed by atoms with Crippen LogP contribution in [-0.4, -0.2) is 11.1 Å². The lowest BCUT2D eigenvalue weighted by atomic mass is 10.1. The molecule has 1 amide bonds. The lowest BCUT2D eigenvalue weighted by molar-refractivity contribution is 0.102. The average molecular weight is 367 g/mol. The molecule has 0 saturated heterocycles. The van der Waals surface area contributed by atoms with Gasteiger partial charge in [0.2, 0.25) is 0 Å². The number of benzene rings is 3. The first kappa shape index (κ1) is 16.3. The van der Waals surface area contributed by atoms with E-state index in [1.807, 2.05) is 0 Å². The second kappa shape index (κ2) is 6.61. The molecule has 3 aromatic carbocycles. The first-order chi connectivity index (χ1) is 12.6. The van der Waals surface area contributed by atoms with Crippen molar-refractivity contribution in [3.05, 3.63) is 83.1 Å². The lowest BCUT2D eigenvalue weighted by Gasteiger charge is -2.07. The number of rotatable bonds is 3. The largest absolute Gasteiger partial charge is 0.355 e. The summed E-state index contributed by atoms with van der Waals surface area (Å²) in [5, 5.41) is 7.90. The fraction of sp³-hybridized carbons (Fsp3) is 0. The molecular weight excluding hydrogens is 355 g/mol. The standard InChI is InChI=1S/C20H12ClFN2O2/c21-16-3-1-2-4-18(16)23-20(25)13-7-10-17-15(11-13)19(26-24-17)12-5-8-14(22)9-6-12/h1-11H,(H,23,25).